The van der Waals surface area contributed by atoms with Gasteiger partial charge in [-0.25, -0.2) is 14.8 Å². The van der Waals surface area contributed by atoms with Gasteiger partial charge in [-0.05, 0) is 60.0 Å². The second-order valence-electron chi connectivity index (χ2n) is 6.97. The molecule has 0 saturated heterocycles. The third-order valence-electron chi connectivity index (χ3n) is 4.69. The zero-order valence-corrected chi connectivity index (χ0v) is 17.3. The van der Waals surface area contributed by atoms with Gasteiger partial charge in [0.1, 0.15) is 11.9 Å². The Morgan fingerprint density at radius 1 is 1.04 bits per heavy atom. The molecule has 28 heavy (non-hydrogen) atoms. The highest BCUT2D eigenvalue weighted by molar-refractivity contribution is 6.31. The van der Waals surface area contributed by atoms with Crippen LogP contribution in [0.3, 0.4) is 0 Å². The van der Waals surface area contributed by atoms with Crippen LogP contribution in [0.2, 0.25) is 10.3 Å². The van der Waals surface area contributed by atoms with Crippen LogP contribution in [0.1, 0.15) is 43.7 Å². The van der Waals surface area contributed by atoms with E-state index in [0.29, 0.717) is 10.7 Å². The predicted molar refractivity (Wildman–Crippen MR) is 112 cm³/mol. The third kappa shape index (κ3) is 4.44. The smallest absolute Gasteiger partial charge is 0.222 e. The number of benzene rings is 2. The van der Waals surface area contributed by atoms with E-state index < -0.39 is 0 Å². The van der Waals surface area contributed by atoms with E-state index in [-0.39, 0.29) is 16.8 Å². The molecule has 0 radical (unpaired) electrons. The average molecular weight is 412 g/mol. The lowest BCUT2D eigenvalue weighted by Crippen LogP contribution is -2.18. The van der Waals surface area contributed by atoms with Crippen molar-refractivity contribution in [3.63, 3.8) is 0 Å². The molecule has 4 nitrogen and oxygen atoms in total. The molecule has 3 rings (SSSR count). The molecule has 142 valence electrons. The van der Waals surface area contributed by atoms with Crippen molar-refractivity contribution in [3.8, 4) is 5.75 Å². The minimum absolute atomic E-state index is 0.199. The fourth-order valence-corrected chi connectivity index (χ4v) is 3.34. The Morgan fingerprint density at radius 2 is 1.75 bits per heavy atom. The molecule has 1 atom stereocenters. The molecule has 0 aliphatic heterocycles. The fourth-order valence-electron chi connectivity index (χ4n) is 2.96. The lowest BCUT2D eigenvalue weighted by Gasteiger charge is -2.27. The maximum absolute atomic E-state index is 7.26. The minimum atomic E-state index is -0.311. The summed E-state index contributed by atoms with van der Waals surface area (Å²) >= 11 is 12.0. The third-order valence-corrected chi connectivity index (χ3v) is 5.09. The molecule has 1 unspecified atom stereocenters. The molecule has 6 heteroatoms. The van der Waals surface area contributed by atoms with Gasteiger partial charge in [-0.1, -0.05) is 43.6 Å². The van der Waals surface area contributed by atoms with Crippen molar-refractivity contribution >= 4 is 28.9 Å². The first-order valence-electron chi connectivity index (χ1n) is 8.74. The SMILES string of the molecule is [C-]#[N+]c1cc(Cl)cc(C(C)(C)c2ccc(OC(C)c3ccnc(Cl)n3)cc2)c1. The van der Waals surface area contributed by atoms with E-state index in [1.54, 1.807) is 18.3 Å². The molecule has 1 heterocycles. The first-order valence-corrected chi connectivity index (χ1v) is 9.49. The van der Waals surface area contributed by atoms with Crippen LogP contribution in [0.15, 0.2) is 54.7 Å². The van der Waals surface area contributed by atoms with E-state index in [0.717, 1.165) is 22.6 Å². The van der Waals surface area contributed by atoms with Crippen LogP contribution in [0.4, 0.5) is 5.69 Å². The van der Waals surface area contributed by atoms with Gasteiger partial charge in [0.25, 0.3) is 0 Å². The summed E-state index contributed by atoms with van der Waals surface area (Å²) in [7, 11) is 0. The van der Waals surface area contributed by atoms with E-state index in [2.05, 4.69) is 28.7 Å². The summed E-state index contributed by atoms with van der Waals surface area (Å²) in [5.41, 5.74) is 3.02. The zero-order valence-electron chi connectivity index (χ0n) is 15.8. The Morgan fingerprint density at radius 3 is 2.39 bits per heavy atom. The second kappa shape index (κ2) is 8.18. The highest BCUT2D eigenvalue weighted by Crippen LogP contribution is 2.36. The van der Waals surface area contributed by atoms with Gasteiger partial charge in [-0.15, -0.1) is 0 Å². The molecule has 0 aliphatic carbocycles. The quantitative estimate of drug-likeness (QED) is 0.342. The standard InChI is InChI=1S/C22H19Cl2N3O/c1-14(20-9-10-26-21(24)27-20)28-19-7-5-15(6-8-19)22(2,3)16-11-17(23)13-18(12-16)25-4/h5-14H,1-3H3. The largest absolute Gasteiger partial charge is 0.484 e. The molecule has 0 amide bonds. The molecular weight excluding hydrogens is 393 g/mol. The van der Waals surface area contributed by atoms with Crippen LogP contribution in [0, 0.1) is 6.57 Å². The second-order valence-corrected chi connectivity index (χ2v) is 7.74. The highest BCUT2D eigenvalue weighted by atomic mass is 35.5. The summed E-state index contributed by atoms with van der Waals surface area (Å²) in [6.45, 7) is 13.4. The Balaban J connectivity index is 1.82. The summed E-state index contributed by atoms with van der Waals surface area (Å²) in [6.07, 6.45) is 1.35. The molecular formula is C22H19Cl2N3O. The van der Waals surface area contributed by atoms with Gasteiger partial charge in [-0.2, -0.15) is 0 Å². The van der Waals surface area contributed by atoms with Gasteiger partial charge in [0.05, 0.1) is 12.3 Å². The van der Waals surface area contributed by atoms with E-state index in [1.165, 1.54) is 0 Å². The molecule has 1 aromatic heterocycles. The summed E-state index contributed by atoms with van der Waals surface area (Å²) in [5, 5.41) is 0.763. The van der Waals surface area contributed by atoms with E-state index >= 15 is 0 Å². The average Bonchev–Trinajstić information content (AvgIpc) is 2.68. The first kappa shape index (κ1) is 20.1. The molecule has 0 saturated carbocycles. The molecule has 0 bridgehead atoms. The van der Waals surface area contributed by atoms with Crippen molar-refractivity contribution in [2.45, 2.75) is 32.3 Å². The summed E-state index contributed by atoms with van der Waals surface area (Å²) in [5.74, 6) is 0.731. The Hall–Kier alpha value is -2.61. The summed E-state index contributed by atoms with van der Waals surface area (Å²) in [4.78, 5) is 11.6. The lowest BCUT2D eigenvalue weighted by molar-refractivity contribution is 0.221. The predicted octanol–water partition coefficient (Wildman–Crippen LogP) is 6.80. The van der Waals surface area contributed by atoms with Crippen molar-refractivity contribution in [2.24, 2.45) is 0 Å². The Kier molecular flexibility index (Phi) is 5.88. The molecule has 3 aromatic rings. The maximum Gasteiger partial charge on any atom is 0.222 e. The number of aromatic nitrogens is 2. The number of nitrogens with zero attached hydrogens (tertiary/aromatic N) is 3. The van der Waals surface area contributed by atoms with Crippen molar-refractivity contribution in [3.05, 3.63) is 93.3 Å². The van der Waals surface area contributed by atoms with Gasteiger partial charge in [0.15, 0.2) is 5.69 Å². The van der Waals surface area contributed by atoms with Crippen molar-refractivity contribution < 1.29 is 4.74 Å². The number of rotatable bonds is 5. The lowest BCUT2D eigenvalue weighted by atomic mass is 9.78. The number of halogens is 2. The van der Waals surface area contributed by atoms with Crippen LogP contribution in [-0.4, -0.2) is 9.97 Å². The van der Waals surface area contributed by atoms with Crippen LogP contribution < -0.4 is 4.74 Å². The molecule has 0 N–H and O–H groups in total. The van der Waals surface area contributed by atoms with Gasteiger partial charge >= 0.3 is 0 Å². The normalized spacial score (nSPS) is 12.3. The zero-order chi connectivity index (χ0) is 20.3. The Labute approximate surface area is 174 Å². The van der Waals surface area contributed by atoms with E-state index in [9.17, 15) is 0 Å². The molecule has 2 aromatic carbocycles. The topological polar surface area (TPSA) is 39.4 Å². The molecule has 0 aliphatic rings. The van der Waals surface area contributed by atoms with Crippen molar-refractivity contribution in [1.29, 1.82) is 0 Å². The highest BCUT2D eigenvalue weighted by Gasteiger charge is 2.24. The van der Waals surface area contributed by atoms with Gasteiger partial charge in [0.2, 0.25) is 5.28 Å². The van der Waals surface area contributed by atoms with Gasteiger partial charge < -0.3 is 4.74 Å². The number of hydrogen-bond acceptors (Lipinski definition) is 3. The summed E-state index contributed by atoms with van der Waals surface area (Å²) in [6, 6.07) is 15.1. The first-order chi connectivity index (χ1) is 13.3. The van der Waals surface area contributed by atoms with Gasteiger partial charge in [0, 0.05) is 16.6 Å². The molecule has 0 spiro atoms. The van der Waals surface area contributed by atoms with E-state index in [1.807, 2.05) is 43.3 Å². The molecule has 0 fully saturated rings. The van der Waals surface area contributed by atoms with Crippen molar-refractivity contribution in [2.75, 3.05) is 0 Å². The Bertz CT molecular complexity index is 1030. The summed E-state index contributed by atoms with van der Waals surface area (Å²) < 4.78 is 5.97. The van der Waals surface area contributed by atoms with Crippen LogP contribution in [0.25, 0.3) is 4.85 Å². The van der Waals surface area contributed by atoms with Crippen LogP contribution in [-0.2, 0) is 5.41 Å². The maximum atomic E-state index is 7.26. The van der Waals surface area contributed by atoms with Crippen LogP contribution >= 0.6 is 23.2 Å². The van der Waals surface area contributed by atoms with Crippen molar-refractivity contribution in [1.82, 2.24) is 9.97 Å². The van der Waals surface area contributed by atoms with Crippen LogP contribution in [0.5, 0.6) is 5.75 Å². The monoisotopic (exact) mass is 411 g/mol. The fraction of sp³-hybridized carbons (Fsp3) is 0.227. The minimum Gasteiger partial charge on any atom is -0.484 e. The van der Waals surface area contributed by atoms with E-state index in [4.69, 9.17) is 34.5 Å². The number of hydrogen-bond donors (Lipinski definition) is 0. The number of ether oxygens (including phenoxy) is 1. The van der Waals surface area contributed by atoms with Gasteiger partial charge in [-0.3, -0.25) is 0 Å².